The van der Waals surface area contributed by atoms with Crippen LogP contribution in [0.15, 0.2) is 12.1 Å². The summed E-state index contributed by atoms with van der Waals surface area (Å²) in [6.45, 7) is 0. The van der Waals surface area contributed by atoms with Gasteiger partial charge in [0.15, 0.2) is 0 Å². The van der Waals surface area contributed by atoms with Gasteiger partial charge in [-0.3, -0.25) is 4.79 Å². The van der Waals surface area contributed by atoms with E-state index in [1.165, 1.54) is 0 Å². The molecule has 13 heavy (non-hydrogen) atoms. The molecule has 1 heterocycles. The minimum absolute atomic E-state index is 0.368. The van der Waals surface area contributed by atoms with Crippen LogP contribution in [0.5, 0.6) is 0 Å². The van der Waals surface area contributed by atoms with Crippen LogP contribution in [-0.4, -0.2) is 16.1 Å². The van der Waals surface area contributed by atoms with Gasteiger partial charge in [-0.05, 0) is 24.5 Å². The molecule has 3 nitrogen and oxygen atoms in total. The first kappa shape index (κ1) is 8.51. The molecule has 1 aromatic rings. The number of hydrogen-bond donors (Lipinski definition) is 1. The highest BCUT2D eigenvalue weighted by molar-refractivity contribution is 6.29. The van der Waals surface area contributed by atoms with Gasteiger partial charge in [-0.1, -0.05) is 17.7 Å². The van der Waals surface area contributed by atoms with E-state index in [-0.39, 0.29) is 0 Å². The first-order chi connectivity index (χ1) is 6.18. The summed E-state index contributed by atoms with van der Waals surface area (Å²) in [6, 6.07) is 3.55. The zero-order valence-corrected chi connectivity index (χ0v) is 7.58. The Hall–Kier alpha value is -1.09. The minimum atomic E-state index is -0.812. The Labute approximate surface area is 80.4 Å². The molecule has 0 aliphatic heterocycles. The molecular weight excluding hydrogens is 190 g/mol. The van der Waals surface area contributed by atoms with Crippen LogP contribution in [0.4, 0.5) is 0 Å². The van der Waals surface area contributed by atoms with Crippen molar-refractivity contribution in [2.75, 3.05) is 0 Å². The molecule has 0 saturated carbocycles. The number of pyridine rings is 1. The second-order valence-electron chi connectivity index (χ2n) is 3.11. The predicted octanol–water partition coefficient (Wildman–Crippen LogP) is 1.85. The van der Waals surface area contributed by atoms with E-state index >= 15 is 0 Å². The molecular formula is C9H8ClNO2. The third-order valence-electron chi connectivity index (χ3n) is 2.31. The molecule has 0 radical (unpaired) electrons. The number of fused-ring (bicyclic) bond motifs is 1. The van der Waals surface area contributed by atoms with Crippen LogP contribution in [0.2, 0.25) is 5.15 Å². The van der Waals surface area contributed by atoms with Gasteiger partial charge < -0.3 is 5.11 Å². The standard InChI is InChI=1S/C9H8ClNO2/c10-7-4-2-5-1-3-6(9(12)13)8(5)11-7/h2,4,6H,1,3H2,(H,12,13). The smallest absolute Gasteiger partial charge is 0.312 e. The molecule has 1 aliphatic carbocycles. The van der Waals surface area contributed by atoms with Crippen LogP contribution >= 0.6 is 11.6 Å². The van der Waals surface area contributed by atoms with Crippen molar-refractivity contribution in [1.29, 1.82) is 0 Å². The van der Waals surface area contributed by atoms with E-state index in [2.05, 4.69) is 4.98 Å². The molecule has 0 spiro atoms. The topological polar surface area (TPSA) is 50.2 Å². The van der Waals surface area contributed by atoms with Gasteiger partial charge in [0.05, 0.1) is 11.6 Å². The van der Waals surface area contributed by atoms with Gasteiger partial charge in [-0.2, -0.15) is 0 Å². The van der Waals surface area contributed by atoms with Crippen LogP contribution in [0.3, 0.4) is 0 Å². The third-order valence-corrected chi connectivity index (χ3v) is 2.52. The van der Waals surface area contributed by atoms with Gasteiger partial charge in [-0.25, -0.2) is 4.98 Å². The number of rotatable bonds is 1. The fourth-order valence-electron chi connectivity index (χ4n) is 1.67. The van der Waals surface area contributed by atoms with E-state index in [9.17, 15) is 4.79 Å². The molecule has 1 unspecified atom stereocenters. The Morgan fingerprint density at radius 3 is 3.08 bits per heavy atom. The number of carbonyl (C=O) groups is 1. The molecule has 1 atom stereocenters. The number of halogens is 1. The SMILES string of the molecule is O=C(O)C1CCc2ccc(Cl)nc21. The van der Waals surface area contributed by atoms with Gasteiger partial charge in [0.2, 0.25) is 0 Å². The number of hydrogen-bond acceptors (Lipinski definition) is 2. The molecule has 0 fully saturated rings. The maximum absolute atomic E-state index is 10.8. The highest BCUT2D eigenvalue weighted by Crippen LogP contribution is 2.32. The molecule has 1 N–H and O–H groups in total. The second-order valence-corrected chi connectivity index (χ2v) is 3.50. The van der Waals surface area contributed by atoms with E-state index < -0.39 is 11.9 Å². The minimum Gasteiger partial charge on any atom is -0.481 e. The normalized spacial score (nSPS) is 19.9. The maximum Gasteiger partial charge on any atom is 0.312 e. The summed E-state index contributed by atoms with van der Waals surface area (Å²) in [6.07, 6.45) is 1.43. The zero-order chi connectivity index (χ0) is 9.42. The van der Waals surface area contributed by atoms with E-state index in [0.717, 1.165) is 12.0 Å². The van der Waals surface area contributed by atoms with Crippen molar-refractivity contribution in [3.63, 3.8) is 0 Å². The summed E-state index contributed by atoms with van der Waals surface area (Å²) in [5.41, 5.74) is 1.65. The lowest BCUT2D eigenvalue weighted by Crippen LogP contribution is -2.09. The number of carboxylic acid groups (broad SMARTS) is 1. The number of aliphatic carboxylic acids is 1. The quantitative estimate of drug-likeness (QED) is 0.699. The van der Waals surface area contributed by atoms with Crippen molar-refractivity contribution in [3.8, 4) is 0 Å². The van der Waals surface area contributed by atoms with Crippen LogP contribution < -0.4 is 0 Å². The Balaban J connectivity index is 2.46. The van der Waals surface area contributed by atoms with Crippen LogP contribution in [0.1, 0.15) is 23.6 Å². The van der Waals surface area contributed by atoms with Gasteiger partial charge >= 0.3 is 5.97 Å². The highest BCUT2D eigenvalue weighted by Gasteiger charge is 2.29. The fraction of sp³-hybridized carbons (Fsp3) is 0.333. The van der Waals surface area contributed by atoms with Gasteiger partial charge in [0, 0.05) is 0 Å². The van der Waals surface area contributed by atoms with Gasteiger partial charge in [0.1, 0.15) is 5.15 Å². The first-order valence-electron chi connectivity index (χ1n) is 4.06. The first-order valence-corrected chi connectivity index (χ1v) is 4.44. The third kappa shape index (κ3) is 1.40. The monoisotopic (exact) mass is 197 g/mol. The van der Waals surface area contributed by atoms with Crippen molar-refractivity contribution in [3.05, 3.63) is 28.5 Å². The summed E-state index contributed by atoms with van der Waals surface area (Å²) >= 11 is 5.69. The largest absolute Gasteiger partial charge is 0.481 e. The van der Waals surface area contributed by atoms with Gasteiger partial charge in [-0.15, -0.1) is 0 Å². The van der Waals surface area contributed by atoms with Crippen LogP contribution in [0.25, 0.3) is 0 Å². The Morgan fingerprint density at radius 2 is 2.38 bits per heavy atom. The fourth-order valence-corrected chi connectivity index (χ4v) is 1.82. The number of nitrogens with zero attached hydrogens (tertiary/aromatic N) is 1. The van der Waals surface area contributed by atoms with Crippen molar-refractivity contribution >= 4 is 17.6 Å². The number of aryl methyl sites for hydroxylation is 1. The van der Waals surface area contributed by atoms with Crippen molar-refractivity contribution in [2.45, 2.75) is 18.8 Å². The molecule has 1 aromatic heterocycles. The Bertz CT molecular complexity index is 365. The molecule has 0 aromatic carbocycles. The van der Waals surface area contributed by atoms with Crippen LogP contribution in [0, 0.1) is 0 Å². The van der Waals surface area contributed by atoms with Crippen LogP contribution in [-0.2, 0) is 11.2 Å². The van der Waals surface area contributed by atoms with E-state index in [0.29, 0.717) is 17.3 Å². The molecule has 68 valence electrons. The predicted molar refractivity (Wildman–Crippen MR) is 47.9 cm³/mol. The average molecular weight is 198 g/mol. The number of aromatic nitrogens is 1. The van der Waals surface area contributed by atoms with E-state index in [4.69, 9.17) is 16.7 Å². The highest BCUT2D eigenvalue weighted by atomic mass is 35.5. The second kappa shape index (κ2) is 3.00. The Kier molecular flexibility index (Phi) is 1.96. The summed E-state index contributed by atoms with van der Waals surface area (Å²) in [5, 5.41) is 9.24. The van der Waals surface area contributed by atoms with Crippen molar-refractivity contribution < 1.29 is 9.90 Å². The van der Waals surface area contributed by atoms with E-state index in [1.807, 2.05) is 6.07 Å². The lowest BCUT2D eigenvalue weighted by Gasteiger charge is -2.03. The summed E-state index contributed by atoms with van der Waals surface area (Å²) in [5.74, 6) is -1.28. The Morgan fingerprint density at radius 1 is 1.62 bits per heavy atom. The lowest BCUT2D eigenvalue weighted by molar-refractivity contribution is -0.138. The molecule has 0 bridgehead atoms. The van der Waals surface area contributed by atoms with E-state index in [1.54, 1.807) is 6.07 Å². The number of carboxylic acids is 1. The van der Waals surface area contributed by atoms with Gasteiger partial charge in [0.25, 0.3) is 0 Å². The molecule has 2 rings (SSSR count). The zero-order valence-electron chi connectivity index (χ0n) is 6.83. The molecule has 0 amide bonds. The lowest BCUT2D eigenvalue weighted by atomic mass is 10.1. The van der Waals surface area contributed by atoms with Crippen molar-refractivity contribution in [2.24, 2.45) is 0 Å². The molecule has 0 saturated heterocycles. The summed E-state index contributed by atoms with van der Waals surface area (Å²) in [7, 11) is 0. The molecule has 4 heteroatoms. The van der Waals surface area contributed by atoms with Crippen molar-refractivity contribution in [1.82, 2.24) is 4.98 Å². The molecule has 1 aliphatic rings. The summed E-state index contributed by atoms with van der Waals surface area (Å²) < 4.78 is 0. The summed E-state index contributed by atoms with van der Waals surface area (Å²) in [4.78, 5) is 14.8. The average Bonchev–Trinajstić information content (AvgIpc) is 2.46. The maximum atomic E-state index is 10.8.